The number of rotatable bonds is 6. The molecule has 6 nitrogen and oxygen atoms in total. The Morgan fingerprint density at radius 1 is 1.32 bits per heavy atom. The van der Waals surface area contributed by atoms with E-state index < -0.39 is 17.9 Å². The number of carboxylic acid groups (broad SMARTS) is 1. The summed E-state index contributed by atoms with van der Waals surface area (Å²) in [7, 11) is 1.86. The lowest BCUT2D eigenvalue weighted by molar-refractivity contribution is -0.142. The highest BCUT2D eigenvalue weighted by molar-refractivity contribution is 6.31. The van der Waals surface area contributed by atoms with E-state index in [4.69, 9.17) is 11.6 Å². The lowest BCUT2D eigenvalue weighted by Crippen LogP contribution is -2.37. The van der Waals surface area contributed by atoms with Crippen molar-refractivity contribution in [2.75, 3.05) is 0 Å². The zero-order chi connectivity index (χ0) is 18.7. The van der Waals surface area contributed by atoms with Gasteiger partial charge in [-0.05, 0) is 31.9 Å². The molecule has 0 aliphatic carbocycles. The van der Waals surface area contributed by atoms with Gasteiger partial charge in [0.1, 0.15) is 0 Å². The second-order valence-corrected chi connectivity index (χ2v) is 6.59. The van der Waals surface area contributed by atoms with E-state index in [-0.39, 0.29) is 5.91 Å². The molecule has 134 valence electrons. The number of aliphatic carboxylic acids is 1. The fourth-order valence-electron chi connectivity index (χ4n) is 2.78. The van der Waals surface area contributed by atoms with Gasteiger partial charge in [0.25, 0.3) is 0 Å². The first-order valence-corrected chi connectivity index (χ1v) is 8.36. The fourth-order valence-corrected chi connectivity index (χ4v) is 3.02. The molecule has 2 atom stereocenters. The molecule has 0 aliphatic heterocycles. The molecule has 2 aromatic rings. The number of aromatic nitrogens is 2. The minimum absolute atomic E-state index is 0.307. The first-order valence-electron chi connectivity index (χ1n) is 7.99. The van der Waals surface area contributed by atoms with Crippen LogP contribution in [0.4, 0.5) is 0 Å². The molecule has 0 bridgehead atoms. The highest BCUT2D eigenvalue weighted by Crippen LogP contribution is 2.24. The van der Waals surface area contributed by atoms with Gasteiger partial charge in [0.15, 0.2) is 6.04 Å². The lowest BCUT2D eigenvalue weighted by atomic mass is 9.98. The van der Waals surface area contributed by atoms with E-state index in [9.17, 15) is 14.7 Å². The number of halogens is 1. The van der Waals surface area contributed by atoms with Crippen LogP contribution in [0.2, 0.25) is 5.02 Å². The van der Waals surface area contributed by atoms with E-state index in [2.05, 4.69) is 10.4 Å². The van der Waals surface area contributed by atoms with Crippen molar-refractivity contribution in [2.24, 2.45) is 13.0 Å². The summed E-state index contributed by atoms with van der Waals surface area (Å²) in [5, 5.41) is 16.7. The van der Waals surface area contributed by atoms with E-state index >= 15 is 0 Å². The zero-order valence-corrected chi connectivity index (χ0v) is 15.5. The maximum atomic E-state index is 12.5. The van der Waals surface area contributed by atoms with Crippen LogP contribution in [0.25, 0.3) is 0 Å². The van der Waals surface area contributed by atoms with Crippen molar-refractivity contribution in [1.29, 1.82) is 0 Å². The number of carbonyl (C=O) groups is 2. The average Bonchev–Trinajstić information content (AvgIpc) is 2.79. The number of aryl methyl sites for hydroxylation is 2. The summed E-state index contributed by atoms with van der Waals surface area (Å²) in [6.45, 7) is 5.62. The zero-order valence-electron chi connectivity index (χ0n) is 14.7. The number of hydrogen-bond donors (Lipinski definition) is 2. The summed E-state index contributed by atoms with van der Waals surface area (Å²) >= 11 is 6.07. The minimum atomic E-state index is -1.18. The number of benzene rings is 1. The van der Waals surface area contributed by atoms with Gasteiger partial charge >= 0.3 is 5.97 Å². The highest BCUT2D eigenvalue weighted by atomic mass is 35.5. The molecule has 1 aromatic heterocycles. The number of carbonyl (C=O) groups excluding carboxylic acids is 1. The first kappa shape index (κ1) is 19.0. The summed E-state index contributed by atoms with van der Waals surface area (Å²) in [5.74, 6) is -1.89. The molecular weight excluding hydrogens is 342 g/mol. The summed E-state index contributed by atoms with van der Waals surface area (Å²) < 4.78 is 1.78. The predicted octanol–water partition coefficient (Wildman–Crippen LogP) is 2.81. The molecule has 1 aromatic carbocycles. The largest absolute Gasteiger partial charge is 0.479 e. The molecule has 0 aliphatic rings. The molecular formula is C18H22ClN3O3. The van der Waals surface area contributed by atoms with E-state index in [0.717, 1.165) is 17.0 Å². The van der Waals surface area contributed by atoms with E-state index in [0.29, 0.717) is 17.0 Å². The third-order valence-electron chi connectivity index (χ3n) is 4.37. The third kappa shape index (κ3) is 4.20. The van der Waals surface area contributed by atoms with Gasteiger partial charge in [-0.1, -0.05) is 36.7 Å². The van der Waals surface area contributed by atoms with Crippen LogP contribution in [0, 0.1) is 19.8 Å². The van der Waals surface area contributed by atoms with Crippen molar-refractivity contribution in [3.8, 4) is 0 Å². The standard InChI is InChI=1S/C18H22ClN3O3/c1-10(9-14-11(2)21-22(4)12(14)3)17(23)20-16(18(24)25)13-7-5-6-8-15(13)19/h5-8,10,16H,9H2,1-4H3,(H,20,23)(H,24,25)/t10-,16+/m0/s1. The van der Waals surface area contributed by atoms with Gasteiger partial charge in [0, 0.05) is 29.2 Å². The van der Waals surface area contributed by atoms with Crippen molar-refractivity contribution in [3.05, 3.63) is 51.8 Å². The molecule has 25 heavy (non-hydrogen) atoms. The smallest absolute Gasteiger partial charge is 0.330 e. The van der Waals surface area contributed by atoms with E-state index in [1.54, 1.807) is 35.9 Å². The Morgan fingerprint density at radius 3 is 2.48 bits per heavy atom. The first-order chi connectivity index (χ1) is 11.7. The number of nitrogens with one attached hydrogen (secondary N) is 1. The van der Waals surface area contributed by atoms with Gasteiger partial charge in [-0.3, -0.25) is 9.48 Å². The Balaban J connectivity index is 2.16. The third-order valence-corrected chi connectivity index (χ3v) is 4.71. The van der Waals surface area contributed by atoms with Gasteiger partial charge < -0.3 is 10.4 Å². The average molecular weight is 364 g/mol. The Bertz CT molecular complexity index is 801. The van der Waals surface area contributed by atoms with Crippen LogP contribution in [-0.2, 0) is 23.1 Å². The SMILES string of the molecule is Cc1nn(C)c(C)c1C[C@H](C)C(=O)N[C@@H](C(=O)O)c1ccccc1Cl. The fraction of sp³-hybridized carbons (Fsp3) is 0.389. The van der Waals surface area contributed by atoms with Gasteiger partial charge in [-0.2, -0.15) is 5.10 Å². The molecule has 0 unspecified atom stereocenters. The van der Waals surface area contributed by atoms with Crippen LogP contribution in [0.5, 0.6) is 0 Å². The number of amides is 1. The normalized spacial score (nSPS) is 13.3. The molecule has 0 radical (unpaired) electrons. The maximum Gasteiger partial charge on any atom is 0.330 e. The number of nitrogens with zero attached hydrogens (tertiary/aromatic N) is 2. The minimum Gasteiger partial charge on any atom is -0.479 e. The van der Waals surface area contributed by atoms with Crippen LogP contribution in [0.3, 0.4) is 0 Å². The molecule has 1 amide bonds. The van der Waals surface area contributed by atoms with Crippen LogP contribution in [-0.4, -0.2) is 26.8 Å². The summed E-state index contributed by atoms with van der Waals surface area (Å²) in [6.07, 6.45) is 0.492. The van der Waals surface area contributed by atoms with Crippen molar-refractivity contribution in [3.63, 3.8) is 0 Å². The van der Waals surface area contributed by atoms with Crippen LogP contribution >= 0.6 is 11.6 Å². The van der Waals surface area contributed by atoms with Crippen molar-refractivity contribution in [1.82, 2.24) is 15.1 Å². The topological polar surface area (TPSA) is 84.2 Å². The summed E-state index contributed by atoms with van der Waals surface area (Å²) in [5.41, 5.74) is 3.25. The van der Waals surface area contributed by atoms with E-state index in [1.807, 2.05) is 20.9 Å². The van der Waals surface area contributed by atoms with Gasteiger partial charge in [0.2, 0.25) is 5.91 Å². The Labute approximate surface area is 151 Å². The molecule has 0 saturated heterocycles. The quantitative estimate of drug-likeness (QED) is 0.826. The van der Waals surface area contributed by atoms with Crippen molar-refractivity contribution in [2.45, 2.75) is 33.2 Å². The predicted molar refractivity (Wildman–Crippen MR) is 95.5 cm³/mol. The van der Waals surface area contributed by atoms with Crippen LogP contribution in [0.15, 0.2) is 24.3 Å². The molecule has 0 fully saturated rings. The molecule has 2 rings (SSSR count). The molecule has 1 heterocycles. The lowest BCUT2D eigenvalue weighted by Gasteiger charge is -2.19. The van der Waals surface area contributed by atoms with Gasteiger partial charge in [0.05, 0.1) is 5.69 Å². The van der Waals surface area contributed by atoms with Crippen molar-refractivity contribution >= 4 is 23.5 Å². The Hall–Kier alpha value is -2.34. The van der Waals surface area contributed by atoms with Gasteiger partial charge in [-0.15, -0.1) is 0 Å². The maximum absolute atomic E-state index is 12.5. The molecule has 0 spiro atoms. The molecule has 0 saturated carbocycles. The second kappa shape index (κ2) is 7.70. The number of carboxylic acids is 1. The van der Waals surface area contributed by atoms with Crippen LogP contribution in [0.1, 0.15) is 35.5 Å². The Kier molecular flexibility index (Phi) is 5.85. The monoisotopic (exact) mass is 363 g/mol. The van der Waals surface area contributed by atoms with Gasteiger partial charge in [-0.25, -0.2) is 4.79 Å². The summed E-state index contributed by atoms with van der Waals surface area (Å²) in [4.78, 5) is 24.1. The summed E-state index contributed by atoms with van der Waals surface area (Å²) in [6, 6.07) is 5.42. The van der Waals surface area contributed by atoms with E-state index in [1.165, 1.54) is 0 Å². The molecule has 7 heteroatoms. The second-order valence-electron chi connectivity index (χ2n) is 6.18. The molecule has 2 N–H and O–H groups in total. The van der Waals surface area contributed by atoms with Crippen molar-refractivity contribution < 1.29 is 14.7 Å². The highest BCUT2D eigenvalue weighted by Gasteiger charge is 2.27. The Morgan fingerprint density at radius 2 is 1.96 bits per heavy atom. The number of hydrogen-bond acceptors (Lipinski definition) is 3. The van der Waals surface area contributed by atoms with Crippen LogP contribution < -0.4 is 5.32 Å².